The van der Waals surface area contributed by atoms with Gasteiger partial charge in [-0.2, -0.15) is 0 Å². The zero-order valence-electron chi connectivity index (χ0n) is 12.0. The van der Waals surface area contributed by atoms with Gasteiger partial charge in [-0.3, -0.25) is 4.79 Å². The monoisotopic (exact) mass is 336 g/mol. The van der Waals surface area contributed by atoms with E-state index in [1.54, 1.807) is 0 Å². The molecule has 116 valence electrons. The van der Waals surface area contributed by atoms with Crippen molar-refractivity contribution in [1.29, 1.82) is 0 Å². The SMILES string of the molecule is Cc1[nH]c(=S)sc1CC(=O)NC[C@H]1COc2ccccc2O1. The van der Waals surface area contributed by atoms with Gasteiger partial charge in [0.25, 0.3) is 0 Å². The Morgan fingerprint density at radius 3 is 2.95 bits per heavy atom. The standard InChI is InChI=1S/C15H16N2O3S2/c1-9-13(22-15(21)17-9)6-14(18)16-7-10-8-19-11-4-2-3-5-12(11)20-10/h2-5,10H,6-8H2,1H3,(H,16,18)(H,17,21)/t10-/m0/s1. The molecule has 2 N–H and O–H groups in total. The van der Waals surface area contributed by atoms with E-state index < -0.39 is 0 Å². The second-order valence-corrected chi connectivity index (χ2v) is 6.81. The number of carbonyl (C=O) groups excluding carboxylic acids is 1. The van der Waals surface area contributed by atoms with Crippen molar-refractivity contribution in [2.45, 2.75) is 19.4 Å². The van der Waals surface area contributed by atoms with Gasteiger partial charge in [0.05, 0.1) is 13.0 Å². The molecule has 0 radical (unpaired) electrons. The first-order valence-electron chi connectivity index (χ1n) is 6.95. The molecule has 1 aromatic carbocycles. The van der Waals surface area contributed by atoms with Gasteiger partial charge >= 0.3 is 0 Å². The van der Waals surface area contributed by atoms with Crippen molar-refractivity contribution in [1.82, 2.24) is 10.3 Å². The topological polar surface area (TPSA) is 63.4 Å². The summed E-state index contributed by atoms with van der Waals surface area (Å²) in [6.07, 6.45) is 0.151. The van der Waals surface area contributed by atoms with Crippen LogP contribution in [0.4, 0.5) is 0 Å². The molecule has 0 aliphatic carbocycles. The van der Waals surface area contributed by atoms with Crippen LogP contribution in [0.1, 0.15) is 10.6 Å². The van der Waals surface area contributed by atoms with Crippen LogP contribution >= 0.6 is 23.6 Å². The maximum Gasteiger partial charge on any atom is 0.225 e. The molecular weight excluding hydrogens is 320 g/mol. The maximum absolute atomic E-state index is 12.0. The van der Waals surface area contributed by atoms with Gasteiger partial charge in [0.2, 0.25) is 5.91 Å². The molecule has 2 heterocycles. The molecule has 1 aliphatic rings. The van der Waals surface area contributed by atoms with E-state index in [9.17, 15) is 4.79 Å². The molecule has 7 heteroatoms. The number of hydrogen-bond acceptors (Lipinski definition) is 5. The number of hydrogen-bond donors (Lipinski definition) is 2. The summed E-state index contributed by atoms with van der Waals surface area (Å²) in [5, 5.41) is 2.88. The Balaban J connectivity index is 1.52. The summed E-state index contributed by atoms with van der Waals surface area (Å²) in [7, 11) is 0. The van der Waals surface area contributed by atoms with E-state index >= 15 is 0 Å². The first-order chi connectivity index (χ1) is 10.6. The van der Waals surface area contributed by atoms with Crippen LogP contribution < -0.4 is 14.8 Å². The molecule has 0 unspecified atom stereocenters. The van der Waals surface area contributed by atoms with Crippen molar-refractivity contribution < 1.29 is 14.3 Å². The predicted octanol–water partition coefficient (Wildman–Crippen LogP) is 2.61. The van der Waals surface area contributed by atoms with Crippen LogP contribution in [-0.4, -0.2) is 30.1 Å². The van der Waals surface area contributed by atoms with Crippen molar-refractivity contribution in [3.05, 3.63) is 38.8 Å². The van der Waals surface area contributed by atoms with Crippen LogP contribution in [0.5, 0.6) is 11.5 Å². The van der Waals surface area contributed by atoms with E-state index in [0.29, 0.717) is 29.3 Å². The number of aromatic nitrogens is 1. The van der Waals surface area contributed by atoms with Gasteiger partial charge in [0, 0.05) is 10.6 Å². The minimum atomic E-state index is -0.177. The van der Waals surface area contributed by atoms with Gasteiger partial charge in [-0.15, -0.1) is 11.3 Å². The normalized spacial score (nSPS) is 16.3. The van der Waals surface area contributed by atoms with Gasteiger partial charge in [-0.1, -0.05) is 12.1 Å². The minimum absolute atomic E-state index is 0.0455. The van der Waals surface area contributed by atoms with Gasteiger partial charge in [-0.05, 0) is 31.3 Å². The number of thiazole rings is 1. The summed E-state index contributed by atoms with van der Waals surface area (Å²) >= 11 is 6.51. The summed E-state index contributed by atoms with van der Waals surface area (Å²) in [4.78, 5) is 16.0. The Morgan fingerprint density at radius 1 is 1.45 bits per heavy atom. The summed E-state index contributed by atoms with van der Waals surface area (Å²) in [6, 6.07) is 7.52. The Bertz CT molecular complexity index is 738. The van der Waals surface area contributed by atoms with Gasteiger partial charge in [0.15, 0.2) is 15.5 Å². The molecule has 22 heavy (non-hydrogen) atoms. The van der Waals surface area contributed by atoms with E-state index in [2.05, 4.69) is 10.3 Å². The fourth-order valence-electron chi connectivity index (χ4n) is 2.21. The number of ether oxygens (including phenoxy) is 2. The lowest BCUT2D eigenvalue weighted by Gasteiger charge is -2.26. The van der Waals surface area contributed by atoms with Crippen LogP contribution in [0.15, 0.2) is 24.3 Å². The van der Waals surface area contributed by atoms with Crippen molar-refractivity contribution in [2.24, 2.45) is 0 Å². The molecule has 2 aromatic rings. The van der Waals surface area contributed by atoms with E-state index in [1.165, 1.54) is 11.3 Å². The maximum atomic E-state index is 12.0. The van der Waals surface area contributed by atoms with Gasteiger partial charge < -0.3 is 19.8 Å². The summed E-state index contributed by atoms with van der Waals surface area (Å²) < 4.78 is 12.1. The molecule has 1 aliphatic heterocycles. The lowest BCUT2D eigenvalue weighted by Crippen LogP contribution is -2.41. The highest BCUT2D eigenvalue weighted by Gasteiger charge is 2.21. The van der Waals surface area contributed by atoms with Crippen molar-refractivity contribution >= 4 is 29.5 Å². The van der Waals surface area contributed by atoms with E-state index in [0.717, 1.165) is 16.3 Å². The Kier molecular flexibility index (Phi) is 4.44. The first-order valence-corrected chi connectivity index (χ1v) is 8.18. The molecule has 0 bridgehead atoms. The average Bonchev–Trinajstić information content (AvgIpc) is 2.82. The molecular formula is C15H16N2O3S2. The molecule has 1 atom stereocenters. The van der Waals surface area contributed by atoms with Gasteiger partial charge in [0.1, 0.15) is 12.7 Å². The third kappa shape index (κ3) is 3.48. The predicted molar refractivity (Wildman–Crippen MR) is 87.3 cm³/mol. The quantitative estimate of drug-likeness (QED) is 0.843. The van der Waals surface area contributed by atoms with E-state index in [-0.39, 0.29) is 12.0 Å². The van der Waals surface area contributed by atoms with Crippen LogP contribution in [-0.2, 0) is 11.2 Å². The zero-order valence-corrected chi connectivity index (χ0v) is 13.7. The number of nitrogens with one attached hydrogen (secondary N) is 2. The number of para-hydroxylation sites is 2. The third-order valence-corrected chi connectivity index (χ3v) is 4.68. The molecule has 0 fully saturated rings. The molecule has 0 saturated carbocycles. The summed E-state index contributed by atoms with van der Waals surface area (Å²) in [5.74, 6) is 1.41. The number of amides is 1. The highest BCUT2D eigenvalue weighted by molar-refractivity contribution is 7.73. The lowest BCUT2D eigenvalue weighted by molar-refractivity contribution is -0.120. The Labute approximate surface area is 137 Å². The fraction of sp³-hybridized carbons (Fsp3) is 0.333. The Morgan fingerprint density at radius 2 is 2.23 bits per heavy atom. The number of aryl methyl sites for hydroxylation is 1. The van der Waals surface area contributed by atoms with Gasteiger partial charge in [-0.25, -0.2) is 0 Å². The molecule has 3 rings (SSSR count). The average molecular weight is 336 g/mol. The largest absolute Gasteiger partial charge is 0.486 e. The Hall–Kier alpha value is -1.86. The lowest BCUT2D eigenvalue weighted by atomic mass is 10.2. The van der Waals surface area contributed by atoms with Crippen LogP contribution in [0.25, 0.3) is 0 Å². The number of H-pyrrole nitrogens is 1. The van der Waals surface area contributed by atoms with Crippen LogP contribution in [0.3, 0.4) is 0 Å². The van der Waals surface area contributed by atoms with Crippen molar-refractivity contribution in [2.75, 3.05) is 13.2 Å². The molecule has 1 aromatic heterocycles. The smallest absolute Gasteiger partial charge is 0.225 e. The highest BCUT2D eigenvalue weighted by atomic mass is 32.1. The van der Waals surface area contributed by atoms with Crippen LogP contribution in [0.2, 0.25) is 0 Å². The number of benzene rings is 1. The second-order valence-electron chi connectivity index (χ2n) is 5.04. The number of aromatic amines is 1. The molecule has 0 saturated heterocycles. The minimum Gasteiger partial charge on any atom is -0.486 e. The molecule has 0 spiro atoms. The van der Waals surface area contributed by atoms with Crippen LogP contribution in [0, 0.1) is 10.9 Å². The number of rotatable bonds is 4. The van der Waals surface area contributed by atoms with Crippen molar-refractivity contribution in [3.8, 4) is 11.5 Å². The zero-order chi connectivity index (χ0) is 15.5. The first kappa shape index (κ1) is 15.1. The third-order valence-electron chi connectivity index (χ3n) is 3.34. The number of carbonyl (C=O) groups is 1. The van der Waals surface area contributed by atoms with Crippen molar-refractivity contribution in [3.63, 3.8) is 0 Å². The highest BCUT2D eigenvalue weighted by Crippen LogP contribution is 2.30. The summed E-state index contributed by atoms with van der Waals surface area (Å²) in [5.41, 5.74) is 0.955. The van der Waals surface area contributed by atoms with E-state index in [1.807, 2.05) is 31.2 Å². The fourth-order valence-corrected chi connectivity index (χ4v) is 3.50. The summed E-state index contributed by atoms with van der Waals surface area (Å²) in [6.45, 7) is 2.77. The number of fused-ring (bicyclic) bond motifs is 1. The molecule has 5 nitrogen and oxygen atoms in total. The second kappa shape index (κ2) is 6.50. The van der Waals surface area contributed by atoms with E-state index in [4.69, 9.17) is 21.7 Å². The molecule has 1 amide bonds.